The Morgan fingerprint density at radius 1 is 1.20 bits per heavy atom. The summed E-state index contributed by atoms with van der Waals surface area (Å²) in [6, 6.07) is 6.00. The number of aryl methyl sites for hydroxylation is 1. The van der Waals surface area contributed by atoms with Crippen molar-refractivity contribution in [3.05, 3.63) is 29.6 Å². The maximum Gasteiger partial charge on any atom is 0.289 e. The van der Waals surface area contributed by atoms with Crippen LogP contribution in [0.15, 0.2) is 18.2 Å². The first-order chi connectivity index (χ1) is 15.7. The minimum absolute atomic E-state index is 0. The van der Waals surface area contributed by atoms with Crippen molar-refractivity contribution < 1.29 is 9.53 Å². The van der Waals surface area contributed by atoms with Gasteiger partial charge in [-0.1, -0.05) is 38.3 Å². The minimum Gasteiger partial charge on any atom is -0.381 e. The normalized spacial score (nSPS) is 17.6. The number of guanidine groups is 1. The molecular weight excluding hydrogens is 489 g/mol. The quantitative estimate of drug-likeness (QED) is 0.247. The number of rotatable bonds is 9. The zero-order chi connectivity index (χ0) is 24.0. The number of halogens is 2. The number of fused-ring (bicyclic) bond motifs is 1. The molecule has 1 amide bonds. The van der Waals surface area contributed by atoms with E-state index in [9.17, 15) is 4.79 Å². The summed E-state index contributed by atoms with van der Waals surface area (Å²) in [6.45, 7) is 9.72. The highest BCUT2D eigenvalue weighted by Crippen LogP contribution is 2.27. The predicted octanol–water partition coefficient (Wildman–Crippen LogP) is 3.78. The smallest absolute Gasteiger partial charge is 0.289 e. The Bertz CT molecular complexity index is 1000. The first-order valence-corrected chi connectivity index (χ1v) is 11.7. The Balaban J connectivity index is 0.00000306. The topological polar surface area (TPSA) is 138 Å². The van der Waals surface area contributed by atoms with Gasteiger partial charge in [-0.05, 0) is 38.8 Å². The van der Waals surface area contributed by atoms with Crippen molar-refractivity contribution in [2.75, 3.05) is 25.1 Å². The molecule has 0 bridgehead atoms. The number of benzene rings is 1. The van der Waals surface area contributed by atoms with E-state index in [0.29, 0.717) is 31.1 Å². The van der Waals surface area contributed by atoms with E-state index in [4.69, 9.17) is 15.9 Å². The average Bonchev–Trinajstić information content (AvgIpc) is 2.77. The molecule has 3 rings (SSSR count). The minimum atomic E-state index is -0.313. The number of amides is 1. The molecule has 1 saturated carbocycles. The van der Waals surface area contributed by atoms with Gasteiger partial charge >= 0.3 is 0 Å². The number of carbonyl (C=O) groups is 1. The monoisotopic (exact) mass is 527 g/mol. The van der Waals surface area contributed by atoms with Crippen LogP contribution in [-0.2, 0) is 4.74 Å². The standard InChI is InChI=1S/C24H37N7O2.2ClH/c1-5-33-14-24(3,4)13-27-22(32)21-28-17-11-10-15(2)12-16(17)20(31-21)29-18-8-6-7-9-19(18)30-23(25)26;;/h10-12,18-19H,5-9,13-14H2,1-4H3,(H,27,32)(H4,25,26,30)(H,28,29,31);2*1H/t18-,19+;;/m0../s1. The van der Waals surface area contributed by atoms with Crippen molar-refractivity contribution in [1.29, 1.82) is 5.41 Å². The fraction of sp³-hybridized carbons (Fsp3) is 0.583. The number of carbonyl (C=O) groups excluding carboxylic acids is 1. The number of nitrogens with one attached hydrogen (secondary N) is 4. The lowest BCUT2D eigenvalue weighted by Crippen LogP contribution is -2.50. The van der Waals surface area contributed by atoms with Crippen molar-refractivity contribution in [2.24, 2.45) is 11.1 Å². The van der Waals surface area contributed by atoms with Crippen LogP contribution in [0.2, 0.25) is 0 Å². The van der Waals surface area contributed by atoms with Crippen LogP contribution in [0.25, 0.3) is 10.9 Å². The molecule has 6 N–H and O–H groups in total. The number of hydrogen-bond acceptors (Lipinski definition) is 6. The number of aromatic nitrogens is 2. The van der Waals surface area contributed by atoms with Gasteiger partial charge in [0.1, 0.15) is 5.82 Å². The van der Waals surface area contributed by atoms with E-state index in [1.165, 1.54) is 0 Å². The summed E-state index contributed by atoms with van der Waals surface area (Å²) in [5, 5.41) is 18.1. The molecule has 0 spiro atoms. The predicted molar refractivity (Wildman–Crippen MR) is 146 cm³/mol. The maximum absolute atomic E-state index is 13.0. The summed E-state index contributed by atoms with van der Waals surface area (Å²) in [6.07, 6.45) is 4.01. The van der Waals surface area contributed by atoms with Gasteiger partial charge < -0.3 is 26.4 Å². The van der Waals surface area contributed by atoms with Gasteiger partial charge in [-0.3, -0.25) is 10.2 Å². The van der Waals surface area contributed by atoms with Crippen molar-refractivity contribution in [3.8, 4) is 0 Å². The van der Waals surface area contributed by atoms with Gasteiger partial charge in [0.25, 0.3) is 5.91 Å². The summed E-state index contributed by atoms with van der Waals surface area (Å²) in [5.41, 5.74) is 7.21. The molecule has 0 radical (unpaired) electrons. The molecule has 35 heavy (non-hydrogen) atoms. The van der Waals surface area contributed by atoms with Crippen LogP contribution in [0.5, 0.6) is 0 Å². The molecule has 1 aliphatic carbocycles. The fourth-order valence-corrected chi connectivity index (χ4v) is 4.13. The van der Waals surface area contributed by atoms with Crippen molar-refractivity contribution in [3.63, 3.8) is 0 Å². The summed E-state index contributed by atoms with van der Waals surface area (Å²) in [7, 11) is 0. The lowest BCUT2D eigenvalue weighted by molar-refractivity contribution is 0.0664. The van der Waals surface area contributed by atoms with Crippen LogP contribution in [-0.4, -0.2) is 53.7 Å². The molecule has 1 aliphatic rings. The molecule has 1 fully saturated rings. The molecule has 11 heteroatoms. The van der Waals surface area contributed by atoms with Gasteiger partial charge in [0.15, 0.2) is 5.96 Å². The molecule has 2 atom stereocenters. The van der Waals surface area contributed by atoms with Gasteiger partial charge in [0.05, 0.1) is 12.1 Å². The Hall–Kier alpha value is -2.36. The van der Waals surface area contributed by atoms with Crippen LogP contribution in [0.3, 0.4) is 0 Å². The van der Waals surface area contributed by atoms with Crippen LogP contribution >= 0.6 is 24.8 Å². The Morgan fingerprint density at radius 3 is 2.54 bits per heavy atom. The number of nitrogens with two attached hydrogens (primary N) is 1. The highest BCUT2D eigenvalue weighted by Gasteiger charge is 2.27. The number of ether oxygens (including phenoxy) is 1. The molecule has 0 saturated heterocycles. The van der Waals surface area contributed by atoms with E-state index in [-0.39, 0.29) is 60.0 Å². The van der Waals surface area contributed by atoms with Gasteiger partial charge in [-0.25, -0.2) is 9.97 Å². The van der Waals surface area contributed by atoms with E-state index < -0.39 is 0 Å². The van der Waals surface area contributed by atoms with Gasteiger partial charge in [0.2, 0.25) is 5.82 Å². The maximum atomic E-state index is 13.0. The second kappa shape index (κ2) is 13.7. The Labute approximate surface area is 220 Å². The van der Waals surface area contributed by atoms with Crippen molar-refractivity contribution in [1.82, 2.24) is 20.6 Å². The first-order valence-electron chi connectivity index (χ1n) is 11.7. The van der Waals surface area contributed by atoms with E-state index in [0.717, 1.165) is 36.6 Å². The number of nitrogens with zero attached hydrogens (tertiary/aromatic N) is 2. The molecule has 0 aliphatic heterocycles. The number of anilines is 1. The van der Waals surface area contributed by atoms with Gasteiger partial charge in [-0.15, -0.1) is 24.8 Å². The summed E-state index contributed by atoms with van der Waals surface area (Å²) in [5.74, 6) is 0.414. The van der Waals surface area contributed by atoms with Crippen LogP contribution in [0.1, 0.15) is 62.6 Å². The Kier molecular flexibility index (Phi) is 12.0. The third kappa shape index (κ3) is 8.66. The highest BCUT2D eigenvalue weighted by molar-refractivity contribution is 5.96. The molecule has 1 aromatic carbocycles. The molecule has 0 unspecified atom stereocenters. The van der Waals surface area contributed by atoms with E-state index in [1.807, 2.05) is 45.9 Å². The van der Waals surface area contributed by atoms with E-state index in [1.54, 1.807) is 0 Å². The third-order valence-corrected chi connectivity index (χ3v) is 5.91. The van der Waals surface area contributed by atoms with Gasteiger partial charge in [-0.2, -0.15) is 0 Å². The van der Waals surface area contributed by atoms with Crippen LogP contribution in [0.4, 0.5) is 5.82 Å². The zero-order valence-electron chi connectivity index (χ0n) is 20.9. The Morgan fingerprint density at radius 2 is 1.89 bits per heavy atom. The largest absolute Gasteiger partial charge is 0.381 e. The fourth-order valence-electron chi connectivity index (χ4n) is 4.13. The van der Waals surface area contributed by atoms with Crippen LogP contribution < -0.4 is 21.7 Å². The highest BCUT2D eigenvalue weighted by atomic mass is 35.5. The molecule has 9 nitrogen and oxygen atoms in total. The second-order valence-electron chi connectivity index (χ2n) is 9.60. The second-order valence-corrected chi connectivity index (χ2v) is 9.60. The molecule has 1 aromatic heterocycles. The third-order valence-electron chi connectivity index (χ3n) is 5.91. The van der Waals surface area contributed by atoms with Gasteiger partial charge in [0, 0.05) is 36.0 Å². The molecule has 2 aromatic rings. The zero-order valence-corrected chi connectivity index (χ0v) is 22.6. The summed E-state index contributed by atoms with van der Waals surface area (Å²) in [4.78, 5) is 22.1. The van der Waals surface area contributed by atoms with E-state index in [2.05, 4.69) is 25.9 Å². The SMILES string of the molecule is CCOCC(C)(C)CNC(=O)c1nc(N[C@H]2CCCC[C@H]2NC(=N)N)c2cc(C)ccc2n1.Cl.Cl. The molecular formula is C24H39Cl2N7O2. The average molecular weight is 529 g/mol. The summed E-state index contributed by atoms with van der Waals surface area (Å²) < 4.78 is 5.52. The summed E-state index contributed by atoms with van der Waals surface area (Å²) >= 11 is 0. The molecule has 196 valence electrons. The van der Waals surface area contributed by atoms with Crippen LogP contribution in [0, 0.1) is 17.7 Å². The first kappa shape index (κ1) is 30.7. The molecule has 1 heterocycles. The van der Waals surface area contributed by atoms with E-state index >= 15 is 0 Å². The lowest BCUT2D eigenvalue weighted by Gasteiger charge is -2.33. The van der Waals surface area contributed by atoms with Crippen molar-refractivity contribution in [2.45, 2.75) is 65.5 Å². The number of hydrogen-bond donors (Lipinski definition) is 5. The van der Waals surface area contributed by atoms with Crippen molar-refractivity contribution >= 4 is 53.4 Å². The lowest BCUT2D eigenvalue weighted by atomic mass is 9.90.